The number of nitro benzene ring substituents is 1. The summed E-state index contributed by atoms with van der Waals surface area (Å²) in [6.07, 6.45) is 2.14. The molecule has 1 fully saturated rings. The summed E-state index contributed by atoms with van der Waals surface area (Å²) >= 11 is 1.41. The molecule has 1 saturated carbocycles. The Morgan fingerprint density at radius 3 is 2.56 bits per heavy atom. The lowest BCUT2D eigenvalue weighted by atomic mass is 10.3. The average Bonchev–Trinajstić information content (AvgIpc) is 3.13. The van der Waals surface area contributed by atoms with Crippen molar-refractivity contribution in [1.29, 1.82) is 0 Å². The normalized spacial score (nSPS) is 16.1. The van der Waals surface area contributed by atoms with Gasteiger partial charge in [-0.3, -0.25) is 14.9 Å². The Balaban J connectivity index is 1.91. The lowest BCUT2D eigenvalue weighted by Crippen LogP contribution is -2.32. The number of benzene rings is 1. The molecule has 6 heteroatoms. The molecule has 0 saturated heterocycles. The quantitative estimate of drug-likeness (QED) is 0.504. The highest BCUT2D eigenvalue weighted by molar-refractivity contribution is 8.00. The van der Waals surface area contributed by atoms with E-state index in [1.807, 2.05) is 6.92 Å². The monoisotopic (exact) mass is 266 g/mol. The molecule has 5 nitrogen and oxygen atoms in total. The first-order valence-electron chi connectivity index (χ1n) is 5.78. The van der Waals surface area contributed by atoms with Crippen LogP contribution in [0.1, 0.15) is 19.8 Å². The second-order valence-electron chi connectivity index (χ2n) is 4.29. The zero-order valence-corrected chi connectivity index (χ0v) is 10.8. The maximum absolute atomic E-state index is 11.7. The smallest absolute Gasteiger partial charge is 0.269 e. The van der Waals surface area contributed by atoms with E-state index in [-0.39, 0.29) is 16.8 Å². The van der Waals surface area contributed by atoms with Gasteiger partial charge >= 0.3 is 0 Å². The van der Waals surface area contributed by atoms with Crippen molar-refractivity contribution in [2.45, 2.75) is 36.0 Å². The zero-order valence-electron chi connectivity index (χ0n) is 9.96. The van der Waals surface area contributed by atoms with E-state index in [2.05, 4.69) is 5.32 Å². The van der Waals surface area contributed by atoms with Crippen LogP contribution in [0.2, 0.25) is 0 Å². The number of carbonyl (C=O) groups excluding carboxylic acids is 1. The minimum absolute atomic E-state index is 0.0286. The van der Waals surface area contributed by atoms with E-state index in [0.29, 0.717) is 6.04 Å². The van der Waals surface area contributed by atoms with Crippen LogP contribution in [0.3, 0.4) is 0 Å². The number of nitrogens with one attached hydrogen (secondary N) is 1. The molecule has 0 spiro atoms. The first-order valence-corrected chi connectivity index (χ1v) is 6.65. The van der Waals surface area contributed by atoms with E-state index in [4.69, 9.17) is 0 Å². The summed E-state index contributed by atoms with van der Waals surface area (Å²) in [7, 11) is 0. The van der Waals surface area contributed by atoms with Gasteiger partial charge in [0.25, 0.3) is 5.69 Å². The van der Waals surface area contributed by atoms with Crippen molar-refractivity contribution in [2.75, 3.05) is 0 Å². The van der Waals surface area contributed by atoms with Crippen LogP contribution in [0, 0.1) is 10.1 Å². The molecular weight excluding hydrogens is 252 g/mol. The van der Waals surface area contributed by atoms with E-state index >= 15 is 0 Å². The van der Waals surface area contributed by atoms with E-state index in [9.17, 15) is 14.9 Å². The van der Waals surface area contributed by atoms with Crippen molar-refractivity contribution < 1.29 is 9.72 Å². The Kier molecular flexibility index (Phi) is 3.86. The minimum atomic E-state index is -0.433. The van der Waals surface area contributed by atoms with Crippen molar-refractivity contribution in [3.8, 4) is 0 Å². The second kappa shape index (κ2) is 5.39. The van der Waals surface area contributed by atoms with Crippen molar-refractivity contribution in [2.24, 2.45) is 0 Å². The third kappa shape index (κ3) is 3.46. The Labute approximate surface area is 109 Å². The molecule has 0 bridgehead atoms. The molecule has 0 heterocycles. The standard InChI is InChI=1S/C12H14N2O3S/c1-8(12(15)13-9-2-3-9)18-11-6-4-10(5-7-11)14(16)17/h4-9H,2-3H2,1H3,(H,13,15). The topological polar surface area (TPSA) is 72.2 Å². The summed E-state index contributed by atoms with van der Waals surface area (Å²) in [4.78, 5) is 22.7. The van der Waals surface area contributed by atoms with Crippen molar-refractivity contribution in [3.63, 3.8) is 0 Å². The first kappa shape index (κ1) is 12.9. The van der Waals surface area contributed by atoms with Gasteiger partial charge < -0.3 is 5.32 Å². The van der Waals surface area contributed by atoms with Gasteiger partial charge in [-0.15, -0.1) is 11.8 Å². The summed E-state index contributed by atoms with van der Waals surface area (Å²) in [5, 5.41) is 13.3. The Hall–Kier alpha value is -1.56. The number of rotatable bonds is 5. The Bertz CT molecular complexity index is 457. The SMILES string of the molecule is CC(Sc1ccc([N+](=O)[O-])cc1)C(=O)NC1CC1. The number of non-ortho nitro benzene ring substituents is 1. The fourth-order valence-electron chi connectivity index (χ4n) is 1.45. The average molecular weight is 266 g/mol. The van der Waals surface area contributed by atoms with Gasteiger partial charge in [0.2, 0.25) is 5.91 Å². The van der Waals surface area contributed by atoms with E-state index in [1.54, 1.807) is 12.1 Å². The highest BCUT2D eigenvalue weighted by Crippen LogP contribution is 2.26. The lowest BCUT2D eigenvalue weighted by Gasteiger charge is -2.11. The van der Waals surface area contributed by atoms with Crippen LogP contribution in [-0.4, -0.2) is 22.1 Å². The number of carbonyl (C=O) groups is 1. The number of nitro groups is 1. The number of nitrogens with zero attached hydrogens (tertiary/aromatic N) is 1. The summed E-state index contributed by atoms with van der Waals surface area (Å²) < 4.78 is 0. The lowest BCUT2D eigenvalue weighted by molar-refractivity contribution is -0.384. The van der Waals surface area contributed by atoms with Crippen molar-refractivity contribution in [3.05, 3.63) is 34.4 Å². The predicted octanol–water partition coefficient (Wildman–Crippen LogP) is 2.35. The Morgan fingerprint density at radius 1 is 1.44 bits per heavy atom. The number of hydrogen-bond acceptors (Lipinski definition) is 4. The number of hydrogen-bond donors (Lipinski definition) is 1. The van der Waals surface area contributed by atoms with Crippen LogP contribution in [0.15, 0.2) is 29.2 Å². The fraction of sp³-hybridized carbons (Fsp3) is 0.417. The third-order valence-corrected chi connectivity index (χ3v) is 3.77. The molecule has 1 amide bonds. The minimum Gasteiger partial charge on any atom is -0.352 e. The molecule has 0 radical (unpaired) electrons. The van der Waals surface area contributed by atoms with Gasteiger partial charge in [-0.2, -0.15) is 0 Å². The molecular formula is C12H14N2O3S. The van der Waals surface area contributed by atoms with Crippen molar-refractivity contribution >= 4 is 23.4 Å². The number of amides is 1. The van der Waals surface area contributed by atoms with Gasteiger partial charge in [0, 0.05) is 23.1 Å². The second-order valence-corrected chi connectivity index (χ2v) is 5.71. The molecule has 1 aromatic rings. The van der Waals surface area contributed by atoms with E-state index < -0.39 is 4.92 Å². The molecule has 1 aliphatic carbocycles. The van der Waals surface area contributed by atoms with Crippen LogP contribution in [-0.2, 0) is 4.79 Å². The molecule has 0 aromatic heterocycles. The van der Waals surface area contributed by atoms with Gasteiger partial charge in [-0.1, -0.05) is 0 Å². The molecule has 1 aliphatic rings. The molecule has 1 atom stereocenters. The van der Waals surface area contributed by atoms with Crippen LogP contribution in [0.4, 0.5) is 5.69 Å². The first-order chi connectivity index (χ1) is 8.56. The highest BCUT2D eigenvalue weighted by atomic mass is 32.2. The van der Waals surface area contributed by atoms with Gasteiger partial charge in [-0.05, 0) is 31.9 Å². The van der Waals surface area contributed by atoms with Crippen LogP contribution in [0.25, 0.3) is 0 Å². The number of thioether (sulfide) groups is 1. The van der Waals surface area contributed by atoms with E-state index in [0.717, 1.165) is 17.7 Å². The Morgan fingerprint density at radius 2 is 2.06 bits per heavy atom. The largest absolute Gasteiger partial charge is 0.352 e. The maximum Gasteiger partial charge on any atom is 0.269 e. The van der Waals surface area contributed by atoms with Crippen molar-refractivity contribution in [1.82, 2.24) is 5.32 Å². The summed E-state index contributed by atoms with van der Waals surface area (Å²) in [6.45, 7) is 1.84. The van der Waals surface area contributed by atoms with Gasteiger partial charge in [0.1, 0.15) is 0 Å². The predicted molar refractivity (Wildman–Crippen MR) is 69.6 cm³/mol. The summed E-state index contributed by atoms with van der Waals surface area (Å²) in [5.74, 6) is 0.0286. The van der Waals surface area contributed by atoms with E-state index in [1.165, 1.54) is 23.9 Å². The van der Waals surface area contributed by atoms with Crippen LogP contribution < -0.4 is 5.32 Å². The molecule has 1 N–H and O–H groups in total. The van der Waals surface area contributed by atoms with Crippen LogP contribution in [0.5, 0.6) is 0 Å². The highest BCUT2D eigenvalue weighted by Gasteiger charge is 2.25. The van der Waals surface area contributed by atoms with Gasteiger partial charge in [0.05, 0.1) is 10.2 Å². The molecule has 1 unspecified atom stereocenters. The zero-order chi connectivity index (χ0) is 13.1. The molecule has 1 aromatic carbocycles. The molecule has 2 rings (SSSR count). The van der Waals surface area contributed by atoms with Crippen LogP contribution >= 0.6 is 11.8 Å². The fourth-order valence-corrected chi connectivity index (χ4v) is 2.33. The molecule has 0 aliphatic heterocycles. The summed E-state index contributed by atoms with van der Waals surface area (Å²) in [5.41, 5.74) is 0.0643. The third-order valence-electron chi connectivity index (χ3n) is 2.65. The molecule has 18 heavy (non-hydrogen) atoms. The maximum atomic E-state index is 11.7. The molecule has 96 valence electrons. The van der Waals surface area contributed by atoms with Gasteiger partial charge in [-0.25, -0.2) is 0 Å². The summed E-state index contributed by atoms with van der Waals surface area (Å²) in [6, 6.07) is 6.60. The van der Waals surface area contributed by atoms with Gasteiger partial charge in [0.15, 0.2) is 0 Å².